The first kappa shape index (κ1) is 20.1. The van der Waals surface area contributed by atoms with Crippen molar-refractivity contribution in [1.82, 2.24) is 24.7 Å². The number of nitrogens with two attached hydrogens (primary N) is 1. The van der Waals surface area contributed by atoms with Gasteiger partial charge in [0.1, 0.15) is 24.0 Å². The van der Waals surface area contributed by atoms with Gasteiger partial charge in [-0.25, -0.2) is 0 Å². The summed E-state index contributed by atoms with van der Waals surface area (Å²) in [5, 5.41) is 36.7. The predicted octanol–water partition coefficient (Wildman–Crippen LogP) is -5.83. The van der Waals surface area contributed by atoms with E-state index in [1.807, 2.05) is 6.07 Å². The van der Waals surface area contributed by atoms with Gasteiger partial charge in [-0.3, -0.25) is 4.79 Å². The number of hydrogen-bond acceptors (Lipinski definition) is 11. The second-order valence-electron chi connectivity index (χ2n) is 4.22. The summed E-state index contributed by atoms with van der Waals surface area (Å²) >= 11 is 0. The van der Waals surface area contributed by atoms with Crippen LogP contribution in [0.1, 0.15) is 5.56 Å². The molecule has 0 unspecified atom stereocenters. The Labute approximate surface area is 162 Å². The molecule has 0 radical (unpaired) electrons. The molecule has 0 bridgehead atoms. The Kier molecular flexibility index (Phi) is 7.06. The van der Waals surface area contributed by atoms with Gasteiger partial charge in [-0.15, -0.1) is 0 Å². The molecule has 0 amide bonds. The monoisotopic (exact) mass is 355 g/mol. The van der Waals surface area contributed by atoms with Gasteiger partial charge in [0.15, 0.2) is 0 Å². The van der Waals surface area contributed by atoms with Crippen LogP contribution in [0.5, 0.6) is 0 Å². The van der Waals surface area contributed by atoms with E-state index >= 15 is 0 Å². The molecule has 0 aromatic carbocycles. The number of carboxylic acids is 2. The summed E-state index contributed by atoms with van der Waals surface area (Å²) in [5.74, 6) is -3.08. The van der Waals surface area contributed by atoms with Gasteiger partial charge in [0.2, 0.25) is 11.9 Å². The van der Waals surface area contributed by atoms with E-state index in [0.717, 1.165) is 4.68 Å². The molecular formula is C11H10N9NaO4. The maximum absolute atomic E-state index is 10.6. The summed E-state index contributed by atoms with van der Waals surface area (Å²) in [6.07, 6.45) is 1.19. The molecule has 2 rings (SSSR count). The van der Waals surface area contributed by atoms with Crippen molar-refractivity contribution in [1.29, 1.82) is 5.26 Å². The Morgan fingerprint density at radius 2 is 1.88 bits per heavy atom. The van der Waals surface area contributed by atoms with Crippen LogP contribution >= 0.6 is 0 Å². The first-order valence-corrected chi connectivity index (χ1v) is 6.30. The van der Waals surface area contributed by atoms with Gasteiger partial charge in [-0.2, -0.15) is 30.0 Å². The first-order valence-electron chi connectivity index (χ1n) is 6.30. The summed E-state index contributed by atoms with van der Waals surface area (Å²) in [4.78, 5) is 32.8. The van der Waals surface area contributed by atoms with Gasteiger partial charge in [0, 0.05) is 0 Å². The molecule has 0 aliphatic rings. The van der Waals surface area contributed by atoms with Crippen LogP contribution in [-0.2, 0) is 9.59 Å². The molecule has 0 spiro atoms. The van der Waals surface area contributed by atoms with Crippen molar-refractivity contribution >= 4 is 29.7 Å². The van der Waals surface area contributed by atoms with Gasteiger partial charge < -0.3 is 31.4 Å². The van der Waals surface area contributed by atoms with Crippen molar-refractivity contribution in [3.63, 3.8) is 0 Å². The standard InChI is InChI=1S/C11H11N9O4.Na/c12-1-5-2-16-20(8(5)13)11-18-9(14-3-6(21)22)17-10(19-11)15-4-7(23)24;/h2H,3-4,13H2,(H,21,22)(H,23,24)(H2,14,15,17,18,19);/q;+1/p-1. The van der Waals surface area contributed by atoms with Crippen molar-refractivity contribution in [2.75, 3.05) is 29.5 Å². The molecule has 13 nitrogen and oxygen atoms in total. The molecule has 2 aromatic rings. The number of nitriles is 1. The second kappa shape index (κ2) is 8.78. The number of carbonyl (C=O) groups excluding carboxylic acids is 1. The number of carboxylic acid groups (broad SMARTS) is 2. The fourth-order valence-corrected chi connectivity index (χ4v) is 1.53. The number of carbonyl (C=O) groups is 2. The zero-order valence-corrected chi connectivity index (χ0v) is 14.9. The van der Waals surface area contributed by atoms with Crippen LogP contribution in [0.4, 0.5) is 17.7 Å². The SMILES string of the molecule is N#Cc1cnn(-c2nc(NCC(=O)[O-])nc(NCC(=O)O)n2)c1N.[Na+]. The van der Waals surface area contributed by atoms with E-state index in [4.69, 9.17) is 16.1 Å². The van der Waals surface area contributed by atoms with E-state index in [9.17, 15) is 14.7 Å². The van der Waals surface area contributed by atoms with Crippen LogP contribution in [-0.4, -0.2) is 54.9 Å². The number of nitrogen functional groups attached to an aromatic ring is 1. The Bertz CT molecular complexity index is 795. The zero-order valence-electron chi connectivity index (χ0n) is 12.9. The normalized spacial score (nSPS) is 9.56. The van der Waals surface area contributed by atoms with Crippen LogP contribution in [0.25, 0.3) is 5.95 Å². The van der Waals surface area contributed by atoms with Gasteiger partial charge >= 0.3 is 35.5 Å². The van der Waals surface area contributed by atoms with E-state index in [0.29, 0.717) is 0 Å². The van der Waals surface area contributed by atoms with Crippen LogP contribution < -0.4 is 51.0 Å². The molecule has 5 N–H and O–H groups in total. The minimum absolute atomic E-state index is 0. The third-order valence-corrected chi connectivity index (χ3v) is 2.53. The first-order chi connectivity index (χ1) is 11.4. The Morgan fingerprint density at radius 1 is 1.28 bits per heavy atom. The van der Waals surface area contributed by atoms with Crippen LogP contribution in [0, 0.1) is 11.3 Å². The molecule has 0 aliphatic carbocycles. The number of nitrogens with one attached hydrogen (secondary N) is 2. The topological polar surface area (TPSA) is 208 Å². The van der Waals surface area contributed by atoms with E-state index in [1.54, 1.807) is 0 Å². The maximum Gasteiger partial charge on any atom is 1.00 e. The van der Waals surface area contributed by atoms with Crippen LogP contribution in [0.15, 0.2) is 6.20 Å². The molecule has 2 aromatic heterocycles. The minimum Gasteiger partial charge on any atom is -0.548 e. The number of anilines is 3. The molecule has 25 heavy (non-hydrogen) atoms. The molecule has 0 atom stereocenters. The quantitative estimate of drug-likeness (QED) is 0.342. The smallest absolute Gasteiger partial charge is 0.548 e. The van der Waals surface area contributed by atoms with Gasteiger partial charge in [0.05, 0.1) is 18.7 Å². The average Bonchev–Trinajstić information content (AvgIpc) is 2.91. The second-order valence-corrected chi connectivity index (χ2v) is 4.22. The van der Waals surface area contributed by atoms with Gasteiger partial charge in [0.25, 0.3) is 5.95 Å². The van der Waals surface area contributed by atoms with E-state index in [2.05, 4.69) is 30.7 Å². The summed E-state index contributed by atoms with van der Waals surface area (Å²) in [6, 6.07) is 1.82. The number of rotatable bonds is 7. The summed E-state index contributed by atoms with van der Waals surface area (Å²) in [5.41, 5.74) is 5.81. The third-order valence-electron chi connectivity index (χ3n) is 2.53. The molecule has 124 valence electrons. The molecular weight excluding hydrogens is 345 g/mol. The van der Waals surface area contributed by atoms with Crippen molar-refractivity contribution in [2.24, 2.45) is 0 Å². The average molecular weight is 355 g/mol. The number of aliphatic carboxylic acids is 2. The fourth-order valence-electron chi connectivity index (χ4n) is 1.53. The summed E-state index contributed by atoms with van der Waals surface area (Å²) < 4.78 is 1.02. The van der Waals surface area contributed by atoms with E-state index in [1.165, 1.54) is 6.20 Å². The van der Waals surface area contributed by atoms with Crippen molar-refractivity contribution in [2.45, 2.75) is 0 Å². The Balaban J connectivity index is 0.00000312. The zero-order chi connectivity index (χ0) is 17.7. The molecule has 0 aliphatic heterocycles. The molecule has 2 heterocycles. The largest absolute Gasteiger partial charge is 1.00 e. The third kappa shape index (κ3) is 5.28. The van der Waals surface area contributed by atoms with Crippen molar-refractivity contribution in [3.05, 3.63) is 11.8 Å². The van der Waals surface area contributed by atoms with E-state index in [-0.39, 0.29) is 58.8 Å². The van der Waals surface area contributed by atoms with Crippen LogP contribution in [0.2, 0.25) is 0 Å². The predicted molar refractivity (Wildman–Crippen MR) is 75.7 cm³/mol. The Morgan fingerprint density at radius 3 is 2.36 bits per heavy atom. The van der Waals surface area contributed by atoms with Crippen molar-refractivity contribution in [3.8, 4) is 12.0 Å². The van der Waals surface area contributed by atoms with Gasteiger partial charge in [-0.05, 0) is 0 Å². The number of nitrogens with zero attached hydrogens (tertiary/aromatic N) is 6. The summed E-state index contributed by atoms with van der Waals surface area (Å²) in [6.45, 7) is -1.07. The van der Waals surface area contributed by atoms with Gasteiger partial charge in [-0.1, -0.05) is 0 Å². The number of aromatic nitrogens is 5. The number of hydrogen-bond donors (Lipinski definition) is 4. The molecule has 0 saturated heterocycles. The van der Waals surface area contributed by atoms with Crippen LogP contribution in [0.3, 0.4) is 0 Å². The fraction of sp³-hybridized carbons (Fsp3) is 0.182. The van der Waals surface area contributed by atoms with Crippen molar-refractivity contribution < 1.29 is 49.4 Å². The molecule has 0 saturated carbocycles. The molecule has 14 heteroatoms. The Hall–Kier alpha value is -2.95. The summed E-state index contributed by atoms with van der Waals surface area (Å²) in [7, 11) is 0. The molecule has 0 fully saturated rings. The van der Waals surface area contributed by atoms with E-state index < -0.39 is 25.0 Å². The maximum atomic E-state index is 10.6. The minimum atomic E-state index is -1.40.